The van der Waals surface area contributed by atoms with Crippen molar-refractivity contribution in [1.82, 2.24) is 0 Å². The van der Waals surface area contributed by atoms with Crippen LogP contribution in [0.4, 0.5) is 0 Å². The molecule has 0 aliphatic rings. The molecule has 0 aliphatic carbocycles. The third-order valence-corrected chi connectivity index (χ3v) is 3.22. The van der Waals surface area contributed by atoms with Gasteiger partial charge in [-0.1, -0.05) is 58.8 Å². The Morgan fingerprint density at radius 2 is 1.47 bits per heavy atom. The van der Waals surface area contributed by atoms with E-state index in [0.29, 0.717) is 11.7 Å². The summed E-state index contributed by atoms with van der Waals surface area (Å²) in [6, 6.07) is 0. The summed E-state index contributed by atoms with van der Waals surface area (Å²) in [7, 11) is 0. The Labute approximate surface area is 95.6 Å². The fraction of sp³-hybridized carbons (Fsp3) is 0.929. The van der Waals surface area contributed by atoms with E-state index in [9.17, 15) is 4.79 Å². The lowest BCUT2D eigenvalue weighted by molar-refractivity contribution is -0.121. The zero-order chi connectivity index (χ0) is 11.5. The van der Waals surface area contributed by atoms with Crippen molar-refractivity contribution in [3.8, 4) is 0 Å². The highest BCUT2D eigenvalue weighted by atomic mass is 16.1. The lowest BCUT2D eigenvalue weighted by Crippen LogP contribution is -2.09. The van der Waals surface area contributed by atoms with Crippen LogP contribution in [0.3, 0.4) is 0 Å². The van der Waals surface area contributed by atoms with Crippen molar-refractivity contribution >= 4 is 5.78 Å². The molecule has 0 aromatic carbocycles. The Morgan fingerprint density at radius 1 is 0.933 bits per heavy atom. The Balaban J connectivity index is 3.25. The highest BCUT2D eigenvalue weighted by Gasteiger charge is 2.10. The minimum absolute atomic E-state index is 0.334. The molecule has 0 fully saturated rings. The minimum atomic E-state index is 0.334. The third kappa shape index (κ3) is 8.65. The molecule has 15 heavy (non-hydrogen) atoms. The molecule has 0 aromatic rings. The van der Waals surface area contributed by atoms with Crippen LogP contribution in [-0.2, 0) is 4.79 Å². The summed E-state index contributed by atoms with van der Waals surface area (Å²) in [6.07, 6.45) is 11.5. The van der Waals surface area contributed by atoms with E-state index < -0.39 is 0 Å². The van der Waals surface area contributed by atoms with E-state index in [4.69, 9.17) is 0 Å². The average molecular weight is 212 g/mol. The van der Waals surface area contributed by atoms with Gasteiger partial charge in [0.25, 0.3) is 0 Å². The molecule has 0 aliphatic heterocycles. The van der Waals surface area contributed by atoms with Crippen molar-refractivity contribution < 1.29 is 4.79 Å². The van der Waals surface area contributed by atoms with Gasteiger partial charge in [0.15, 0.2) is 0 Å². The van der Waals surface area contributed by atoms with Gasteiger partial charge in [0, 0.05) is 5.92 Å². The van der Waals surface area contributed by atoms with Gasteiger partial charge in [0.2, 0.25) is 0 Å². The van der Waals surface area contributed by atoms with Gasteiger partial charge in [0.05, 0.1) is 0 Å². The minimum Gasteiger partial charge on any atom is -0.300 e. The third-order valence-electron chi connectivity index (χ3n) is 3.22. The molecule has 0 saturated carbocycles. The number of carbonyl (C=O) groups excluding carboxylic acids is 1. The Hall–Kier alpha value is -0.330. The summed E-state index contributed by atoms with van der Waals surface area (Å²) < 4.78 is 0. The zero-order valence-electron chi connectivity index (χ0n) is 10.8. The van der Waals surface area contributed by atoms with Crippen LogP contribution in [0.5, 0.6) is 0 Å². The van der Waals surface area contributed by atoms with Crippen LogP contribution in [0.25, 0.3) is 0 Å². The first-order valence-corrected chi connectivity index (χ1v) is 6.72. The summed E-state index contributed by atoms with van der Waals surface area (Å²) >= 11 is 0. The molecule has 0 radical (unpaired) electrons. The monoisotopic (exact) mass is 212 g/mol. The maximum absolute atomic E-state index is 11.2. The van der Waals surface area contributed by atoms with Crippen LogP contribution in [0.15, 0.2) is 0 Å². The molecule has 0 amide bonds. The van der Waals surface area contributed by atoms with Crippen molar-refractivity contribution in [2.45, 2.75) is 78.6 Å². The molecule has 1 heteroatoms. The molecule has 0 heterocycles. The van der Waals surface area contributed by atoms with Gasteiger partial charge in [-0.25, -0.2) is 0 Å². The number of ketones is 1. The fourth-order valence-corrected chi connectivity index (χ4v) is 2.04. The molecule has 90 valence electrons. The summed E-state index contributed by atoms with van der Waals surface area (Å²) in [4.78, 5) is 11.2. The second-order valence-electron chi connectivity index (χ2n) is 4.63. The molecule has 0 spiro atoms. The van der Waals surface area contributed by atoms with Crippen LogP contribution in [0.2, 0.25) is 0 Å². The molecular formula is C14H28O. The Bertz CT molecular complexity index is 151. The van der Waals surface area contributed by atoms with Crippen LogP contribution >= 0.6 is 0 Å². The first-order valence-electron chi connectivity index (χ1n) is 6.72. The van der Waals surface area contributed by atoms with E-state index in [2.05, 4.69) is 13.8 Å². The molecule has 1 atom stereocenters. The van der Waals surface area contributed by atoms with Gasteiger partial charge in [-0.15, -0.1) is 0 Å². The topological polar surface area (TPSA) is 17.1 Å². The maximum atomic E-state index is 11.2. The predicted molar refractivity (Wildman–Crippen MR) is 67.1 cm³/mol. The summed E-state index contributed by atoms with van der Waals surface area (Å²) in [6.45, 7) is 6.10. The number of rotatable bonds is 10. The van der Waals surface area contributed by atoms with Gasteiger partial charge >= 0.3 is 0 Å². The molecule has 0 rings (SSSR count). The van der Waals surface area contributed by atoms with E-state index in [-0.39, 0.29) is 0 Å². The largest absolute Gasteiger partial charge is 0.300 e. The second kappa shape index (κ2) is 10.2. The second-order valence-corrected chi connectivity index (χ2v) is 4.63. The van der Waals surface area contributed by atoms with Gasteiger partial charge in [0.1, 0.15) is 5.78 Å². The summed E-state index contributed by atoms with van der Waals surface area (Å²) in [5.41, 5.74) is 0. The predicted octanol–water partition coefficient (Wildman–Crippen LogP) is 4.74. The number of carbonyl (C=O) groups is 1. The number of unbranched alkanes of at least 4 members (excludes halogenated alkanes) is 6. The van der Waals surface area contributed by atoms with Crippen molar-refractivity contribution in [1.29, 1.82) is 0 Å². The van der Waals surface area contributed by atoms with E-state index >= 15 is 0 Å². The van der Waals surface area contributed by atoms with Crippen molar-refractivity contribution in [3.05, 3.63) is 0 Å². The first-order chi connectivity index (χ1) is 7.22. The van der Waals surface area contributed by atoms with Crippen LogP contribution in [-0.4, -0.2) is 5.78 Å². The van der Waals surface area contributed by atoms with E-state index in [0.717, 1.165) is 12.8 Å². The van der Waals surface area contributed by atoms with Crippen LogP contribution < -0.4 is 0 Å². The van der Waals surface area contributed by atoms with E-state index in [1.807, 2.05) is 0 Å². The smallest absolute Gasteiger partial charge is 0.132 e. The van der Waals surface area contributed by atoms with Crippen molar-refractivity contribution in [2.75, 3.05) is 0 Å². The molecule has 0 aromatic heterocycles. The lowest BCUT2D eigenvalue weighted by atomic mass is 9.94. The first kappa shape index (κ1) is 14.7. The molecule has 1 nitrogen and oxygen atoms in total. The van der Waals surface area contributed by atoms with Gasteiger partial charge in [-0.2, -0.15) is 0 Å². The number of hydrogen-bond acceptors (Lipinski definition) is 1. The maximum Gasteiger partial charge on any atom is 0.132 e. The highest BCUT2D eigenvalue weighted by molar-refractivity contribution is 5.78. The Kier molecular flexibility index (Phi) is 9.97. The lowest BCUT2D eigenvalue weighted by Gasteiger charge is -2.10. The normalized spacial score (nSPS) is 12.7. The average Bonchev–Trinajstić information content (AvgIpc) is 2.21. The van der Waals surface area contributed by atoms with Crippen molar-refractivity contribution in [2.24, 2.45) is 5.92 Å². The van der Waals surface area contributed by atoms with Gasteiger partial charge in [-0.05, 0) is 19.8 Å². The van der Waals surface area contributed by atoms with E-state index in [1.54, 1.807) is 6.92 Å². The van der Waals surface area contributed by atoms with Gasteiger partial charge in [-0.3, -0.25) is 4.79 Å². The molecule has 0 saturated heterocycles. The van der Waals surface area contributed by atoms with E-state index in [1.165, 1.54) is 44.9 Å². The number of Topliss-reactive ketones (excluding diaryl/α,β-unsaturated/α-hetero) is 1. The quantitative estimate of drug-likeness (QED) is 0.478. The standard InChI is InChI=1S/C14H28O/c1-4-6-7-8-9-10-11-12-14(5-2)13(3)15/h14H,4-12H2,1-3H3. The summed E-state index contributed by atoms with van der Waals surface area (Å²) in [5.74, 6) is 0.712. The molecule has 0 N–H and O–H groups in total. The summed E-state index contributed by atoms with van der Waals surface area (Å²) in [5, 5.41) is 0. The molecular weight excluding hydrogens is 184 g/mol. The van der Waals surface area contributed by atoms with Crippen LogP contribution in [0.1, 0.15) is 78.6 Å². The highest BCUT2D eigenvalue weighted by Crippen LogP contribution is 2.15. The molecule has 0 bridgehead atoms. The van der Waals surface area contributed by atoms with Gasteiger partial charge < -0.3 is 0 Å². The Morgan fingerprint density at radius 3 is 1.93 bits per heavy atom. The molecule has 1 unspecified atom stereocenters. The van der Waals surface area contributed by atoms with Crippen LogP contribution in [0, 0.1) is 5.92 Å². The zero-order valence-corrected chi connectivity index (χ0v) is 10.8. The number of hydrogen-bond donors (Lipinski definition) is 0. The fourth-order valence-electron chi connectivity index (χ4n) is 2.04. The van der Waals surface area contributed by atoms with Crippen molar-refractivity contribution in [3.63, 3.8) is 0 Å². The SMILES string of the molecule is CCCCCCCCCC(CC)C(C)=O.